The van der Waals surface area contributed by atoms with Gasteiger partial charge in [0.25, 0.3) is 0 Å². The van der Waals surface area contributed by atoms with Crippen molar-refractivity contribution in [3.05, 3.63) is 34.3 Å². The van der Waals surface area contributed by atoms with Gasteiger partial charge in [0, 0.05) is 51.3 Å². The van der Waals surface area contributed by atoms with E-state index in [1.165, 1.54) is 5.56 Å². The first-order valence-corrected chi connectivity index (χ1v) is 8.47. The molecule has 0 N–H and O–H groups in total. The van der Waals surface area contributed by atoms with E-state index in [2.05, 4.69) is 50.0 Å². The average molecular weight is 368 g/mol. The third-order valence-corrected chi connectivity index (χ3v) is 4.76. The van der Waals surface area contributed by atoms with Crippen LogP contribution in [-0.2, 0) is 10.2 Å². The summed E-state index contributed by atoms with van der Waals surface area (Å²) < 4.78 is 6.71. The Kier molecular flexibility index (Phi) is 5.87. The van der Waals surface area contributed by atoms with Crippen molar-refractivity contribution in [1.82, 2.24) is 9.80 Å². The fourth-order valence-electron chi connectivity index (χ4n) is 3.01. The average Bonchev–Trinajstić information content (AvgIpc) is 2.48. The molecule has 1 aliphatic rings. The fourth-order valence-corrected chi connectivity index (χ4v) is 3.27. The summed E-state index contributed by atoms with van der Waals surface area (Å²) in [6.45, 7) is 2.42. The molecule has 1 aliphatic heterocycles. The standard InChI is InChI=1S/C17H26BrN3O/c1-20(2)16(21(3)4)19-13-17(9-11-22-12-10-17)14-5-7-15(18)8-6-14/h5-8H,9-13H2,1-4H3. The van der Waals surface area contributed by atoms with Crippen LogP contribution in [0.2, 0.25) is 0 Å². The van der Waals surface area contributed by atoms with E-state index in [-0.39, 0.29) is 5.41 Å². The molecule has 0 aliphatic carbocycles. The Morgan fingerprint density at radius 1 is 1.09 bits per heavy atom. The highest BCUT2D eigenvalue weighted by atomic mass is 79.9. The first-order valence-electron chi connectivity index (χ1n) is 7.67. The van der Waals surface area contributed by atoms with E-state index in [0.29, 0.717) is 0 Å². The Hall–Kier alpha value is -1.07. The molecule has 1 aromatic carbocycles. The first kappa shape index (κ1) is 17.3. The lowest BCUT2D eigenvalue weighted by molar-refractivity contribution is 0.0530. The second-order valence-corrected chi connectivity index (χ2v) is 7.22. The maximum atomic E-state index is 5.59. The van der Waals surface area contributed by atoms with Gasteiger partial charge >= 0.3 is 0 Å². The number of benzene rings is 1. The quantitative estimate of drug-likeness (QED) is 0.607. The molecule has 1 heterocycles. The molecule has 0 aromatic heterocycles. The number of aliphatic imine (C=N–C) groups is 1. The molecule has 4 nitrogen and oxygen atoms in total. The van der Waals surface area contributed by atoms with Gasteiger partial charge < -0.3 is 14.5 Å². The molecular weight excluding hydrogens is 342 g/mol. The van der Waals surface area contributed by atoms with E-state index in [1.54, 1.807) is 0 Å². The van der Waals surface area contributed by atoms with E-state index >= 15 is 0 Å². The van der Waals surface area contributed by atoms with Gasteiger partial charge in [-0.05, 0) is 30.5 Å². The number of guanidine groups is 1. The maximum Gasteiger partial charge on any atom is 0.195 e. The third-order valence-electron chi connectivity index (χ3n) is 4.23. The van der Waals surface area contributed by atoms with Crippen LogP contribution >= 0.6 is 15.9 Å². The minimum absolute atomic E-state index is 0.0796. The summed E-state index contributed by atoms with van der Waals surface area (Å²) in [7, 11) is 8.15. The topological polar surface area (TPSA) is 28.1 Å². The van der Waals surface area contributed by atoms with Crippen molar-refractivity contribution in [2.45, 2.75) is 18.3 Å². The number of hydrogen-bond donors (Lipinski definition) is 0. The fraction of sp³-hybridized carbons (Fsp3) is 0.588. The third kappa shape index (κ3) is 4.02. The predicted molar refractivity (Wildman–Crippen MR) is 95.5 cm³/mol. The zero-order chi connectivity index (χ0) is 16.2. The summed E-state index contributed by atoms with van der Waals surface area (Å²) in [5.74, 6) is 1.00. The highest BCUT2D eigenvalue weighted by Gasteiger charge is 2.34. The monoisotopic (exact) mass is 367 g/mol. The minimum Gasteiger partial charge on any atom is -0.381 e. The van der Waals surface area contributed by atoms with E-state index in [1.807, 2.05) is 28.2 Å². The zero-order valence-corrected chi connectivity index (χ0v) is 15.6. The molecule has 1 aromatic rings. The molecule has 1 saturated heterocycles. The van der Waals surface area contributed by atoms with Crippen molar-refractivity contribution >= 4 is 21.9 Å². The molecule has 22 heavy (non-hydrogen) atoms. The second kappa shape index (κ2) is 7.47. The van der Waals surface area contributed by atoms with Crippen molar-refractivity contribution in [3.63, 3.8) is 0 Å². The molecule has 0 saturated carbocycles. The molecule has 0 radical (unpaired) electrons. The normalized spacial score (nSPS) is 17.0. The highest BCUT2D eigenvalue weighted by Crippen LogP contribution is 2.36. The Bertz CT molecular complexity index is 495. The van der Waals surface area contributed by atoms with Gasteiger partial charge in [0.15, 0.2) is 5.96 Å². The van der Waals surface area contributed by atoms with E-state index in [9.17, 15) is 0 Å². The number of halogens is 1. The highest BCUT2D eigenvalue weighted by molar-refractivity contribution is 9.10. The molecule has 122 valence electrons. The number of hydrogen-bond acceptors (Lipinski definition) is 2. The molecule has 0 spiro atoms. The van der Waals surface area contributed by atoms with Gasteiger partial charge in [-0.2, -0.15) is 0 Å². The second-order valence-electron chi connectivity index (χ2n) is 6.30. The number of ether oxygens (including phenoxy) is 1. The number of rotatable bonds is 3. The summed E-state index contributed by atoms with van der Waals surface area (Å²) in [6.07, 6.45) is 2.04. The van der Waals surface area contributed by atoms with Crippen LogP contribution in [0.5, 0.6) is 0 Å². The SMILES string of the molecule is CN(C)C(=NCC1(c2ccc(Br)cc2)CCOCC1)N(C)C. The van der Waals surface area contributed by atoms with Gasteiger partial charge in [-0.1, -0.05) is 28.1 Å². The van der Waals surface area contributed by atoms with Gasteiger partial charge in [0.1, 0.15) is 0 Å². The lowest BCUT2D eigenvalue weighted by Gasteiger charge is -2.37. The van der Waals surface area contributed by atoms with Crippen molar-refractivity contribution < 1.29 is 4.74 Å². The zero-order valence-electron chi connectivity index (χ0n) is 14.0. The maximum absolute atomic E-state index is 5.59. The first-order chi connectivity index (χ1) is 10.4. The molecule has 0 amide bonds. The molecule has 5 heteroatoms. The molecule has 0 atom stereocenters. The van der Waals surface area contributed by atoms with Gasteiger partial charge in [0.05, 0.1) is 6.54 Å². The van der Waals surface area contributed by atoms with Crippen LogP contribution in [0.25, 0.3) is 0 Å². The van der Waals surface area contributed by atoms with Crippen LogP contribution < -0.4 is 0 Å². The predicted octanol–water partition coefficient (Wildman–Crippen LogP) is 2.98. The Balaban J connectivity index is 2.30. The van der Waals surface area contributed by atoms with Crippen molar-refractivity contribution in [2.24, 2.45) is 4.99 Å². The van der Waals surface area contributed by atoms with Gasteiger partial charge in [-0.3, -0.25) is 4.99 Å². The van der Waals surface area contributed by atoms with Crippen LogP contribution in [0.3, 0.4) is 0 Å². The van der Waals surface area contributed by atoms with E-state index in [0.717, 1.165) is 43.0 Å². The molecule has 0 bridgehead atoms. The van der Waals surface area contributed by atoms with Crippen molar-refractivity contribution in [2.75, 3.05) is 47.9 Å². The lowest BCUT2D eigenvalue weighted by Crippen LogP contribution is -2.40. The van der Waals surface area contributed by atoms with Crippen LogP contribution in [0, 0.1) is 0 Å². The molecule has 1 fully saturated rings. The smallest absolute Gasteiger partial charge is 0.195 e. The Labute approximate surface area is 142 Å². The van der Waals surface area contributed by atoms with Gasteiger partial charge in [0.2, 0.25) is 0 Å². The summed E-state index contributed by atoms with van der Waals surface area (Å²) in [5, 5.41) is 0. The molecule has 2 rings (SSSR count). The van der Waals surface area contributed by atoms with Crippen LogP contribution in [0.4, 0.5) is 0 Å². The van der Waals surface area contributed by atoms with Crippen molar-refractivity contribution in [1.29, 1.82) is 0 Å². The van der Waals surface area contributed by atoms with Crippen LogP contribution in [0.1, 0.15) is 18.4 Å². The largest absolute Gasteiger partial charge is 0.381 e. The van der Waals surface area contributed by atoms with Gasteiger partial charge in [-0.25, -0.2) is 0 Å². The number of nitrogens with zero attached hydrogens (tertiary/aromatic N) is 3. The van der Waals surface area contributed by atoms with Crippen LogP contribution in [0.15, 0.2) is 33.7 Å². The lowest BCUT2D eigenvalue weighted by atomic mass is 9.74. The summed E-state index contributed by atoms with van der Waals surface area (Å²) in [4.78, 5) is 9.05. The molecule has 0 unspecified atom stereocenters. The van der Waals surface area contributed by atoms with Crippen molar-refractivity contribution in [3.8, 4) is 0 Å². The Morgan fingerprint density at radius 3 is 2.14 bits per heavy atom. The van der Waals surface area contributed by atoms with Gasteiger partial charge in [-0.15, -0.1) is 0 Å². The summed E-state index contributed by atoms with van der Waals surface area (Å²) in [6, 6.07) is 8.68. The minimum atomic E-state index is 0.0796. The molecular formula is C17H26BrN3O. The Morgan fingerprint density at radius 2 is 1.64 bits per heavy atom. The van der Waals surface area contributed by atoms with Crippen LogP contribution in [-0.4, -0.2) is 63.7 Å². The van der Waals surface area contributed by atoms with E-state index in [4.69, 9.17) is 9.73 Å². The summed E-state index contributed by atoms with van der Waals surface area (Å²) in [5.41, 5.74) is 1.44. The summed E-state index contributed by atoms with van der Waals surface area (Å²) >= 11 is 3.52. The van der Waals surface area contributed by atoms with E-state index < -0.39 is 0 Å².